The van der Waals surface area contributed by atoms with Crippen molar-refractivity contribution in [3.8, 4) is 11.5 Å². The fourth-order valence-electron chi connectivity index (χ4n) is 4.08. The Labute approximate surface area is 199 Å². The fourth-order valence-corrected chi connectivity index (χ4v) is 5.58. The minimum Gasteiger partial charge on any atom is -0.493 e. The molecule has 2 heterocycles. The minimum atomic E-state index is -0.639. The molecule has 1 aliphatic rings. The number of benzene rings is 2. The maximum absolute atomic E-state index is 13.7. The number of aryl methyl sites for hydroxylation is 1. The quantitative estimate of drug-likeness (QED) is 0.495. The van der Waals surface area contributed by atoms with Gasteiger partial charge in [0.1, 0.15) is 0 Å². The third-order valence-electron chi connectivity index (χ3n) is 5.67. The Morgan fingerprint density at radius 2 is 1.84 bits per heavy atom. The van der Waals surface area contributed by atoms with Gasteiger partial charge in [-0.15, -0.1) is 11.3 Å². The molecule has 0 radical (unpaired) electrons. The van der Waals surface area contributed by atoms with Crippen molar-refractivity contribution in [2.45, 2.75) is 18.9 Å². The molecule has 2 atom stereocenters. The van der Waals surface area contributed by atoms with Crippen LogP contribution in [0.1, 0.15) is 38.3 Å². The maximum atomic E-state index is 13.7. The van der Waals surface area contributed by atoms with Crippen LogP contribution in [0.25, 0.3) is 0 Å². The van der Waals surface area contributed by atoms with Crippen molar-refractivity contribution in [1.29, 1.82) is 0 Å². The van der Waals surface area contributed by atoms with E-state index in [0.29, 0.717) is 28.3 Å². The summed E-state index contributed by atoms with van der Waals surface area (Å²) in [7, 11) is 4.79. The lowest BCUT2D eigenvalue weighted by atomic mass is 9.81. The van der Waals surface area contributed by atoms with Crippen LogP contribution in [0.2, 0.25) is 0 Å². The Morgan fingerprint density at radius 1 is 1.12 bits per heavy atom. The second kappa shape index (κ2) is 8.96. The Kier molecular flexibility index (Phi) is 6.26. The molecule has 0 aliphatic carbocycles. The van der Waals surface area contributed by atoms with Crippen LogP contribution in [0, 0.1) is 6.92 Å². The van der Waals surface area contributed by atoms with Gasteiger partial charge in [-0.25, -0.2) is 0 Å². The van der Waals surface area contributed by atoms with Gasteiger partial charge in [0.2, 0.25) is 5.91 Å². The number of hydrogen-bond acceptors (Lipinski definition) is 5. The number of nitrogens with one attached hydrogen (secondary N) is 1. The van der Waals surface area contributed by atoms with Crippen LogP contribution in [0.4, 0.5) is 5.69 Å². The molecular formula is C24H23BrN2O4S. The molecule has 0 bridgehead atoms. The lowest BCUT2D eigenvalue weighted by Gasteiger charge is -2.39. The zero-order valence-corrected chi connectivity index (χ0v) is 20.5. The largest absolute Gasteiger partial charge is 0.493 e. The molecule has 0 saturated heterocycles. The predicted octanol–water partition coefficient (Wildman–Crippen LogP) is 5.39. The third kappa shape index (κ3) is 3.89. The monoisotopic (exact) mass is 514 g/mol. The zero-order valence-electron chi connectivity index (χ0n) is 18.1. The number of nitrogens with zero attached hydrogens (tertiary/aromatic N) is 1. The van der Waals surface area contributed by atoms with E-state index in [2.05, 4.69) is 21.2 Å². The lowest BCUT2D eigenvalue weighted by molar-refractivity contribution is -0.119. The highest BCUT2D eigenvalue weighted by molar-refractivity contribution is 9.10. The van der Waals surface area contributed by atoms with Crippen molar-refractivity contribution in [2.24, 2.45) is 0 Å². The van der Waals surface area contributed by atoms with Gasteiger partial charge < -0.3 is 19.7 Å². The van der Waals surface area contributed by atoms with Gasteiger partial charge in [-0.2, -0.15) is 0 Å². The van der Waals surface area contributed by atoms with E-state index in [1.54, 1.807) is 24.1 Å². The van der Waals surface area contributed by atoms with Crippen molar-refractivity contribution < 1.29 is 19.1 Å². The van der Waals surface area contributed by atoms with Crippen molar-refractivity contribution >= 4 is 44.8 Å². The van der Waals surface area contributed by atoms with Crippen LogP contribution in [-0.4, -0.2) is 38.0 Å². The van der Waals surface area contributed by atoms with Gasteiger partial charge in [-0.05, 0) is 69.7 Å². The van der Waals surface area contributed by atoms with Crippen LogP contribution in [-0.2, 0) is 4.79 Å². The number of amides is 2. The molecule has 32 heavy (non-hydrogen) atoms. The highest BCUT2D eigenvalue weighted by Gasteiger charge is 2.44. The average Bonchev–Trinajstić information content (AvgIpc) is 3.31. The molecular weight excluding hydrogens is 492 g/mol. The summed E-state index contributed by atoms with van der Waals surface area (Å²) in [6, 6.07) is 12.6. The minimum absolute atomic E-state index is 0.167. The molecule has 0 saturated carbocycles. The molecule has 6 nitrogen and oxygen atoms in total. The van der Waals surface area contributed by atoms with Gasteiger partial charge in [0, 0.05) is 22.0 Å². The molecule has 4 rings (SSSR count). The van der Waals surface area contributed by atoms with E-state index >= 15 is 0 Å². The number of carbonyl (C=O) groups excluding carboxylic acids is 2. The van der Waals surface area contributed by atoms with E-state index in [-0.39, 0.29) is 11.8 Å². The topological polar surface area (TPSA) is 67.9 Å². The van der Waals surface area contributed by atoms with Crippen molar-refractivity contribution in [3.05, 3.63) is 73.9 Å². The normalized spacial score (nSPS) is 17.7. The fraction of sp³-hybridized carbons (Fsp3) is 0.250. The Hall–Kier alpha value is -2.84. The van der Waals surface area contributed by atoms with Gasteiger partial charge in [-0.1, -0.05) is 12.1 Å². The summed E-state index contributed by atoms with van der Waals surface area (Å²) in [5.74, 6) is -0.0917. The highest BCUT2D eigenvalue weighted by atomic mass is 79.9. The van der Waals surface area contributed by atoms with Crippen LogP contribution in [0.5, 0.6) is 11.5 Å². The zero-order chi connectivity index (χ0) is 23.0. The Bertz CT molecular complexity index is 1180. The molecule has 166 valence electrons. The molecule has 1 N–H and O–H groups in total. The first-order chi connectivity index (χ1) is 15.3. The number of likely N-dealkylation sites (N-methyl/N-ethyl adjacent to an activating group) is 1. The summed E-state index contributed by atoms with van der Waals surface area (Å²) < 4.78 is 11.7. The molecule has 8 heteroatoms. The van der Waals surface area contributed by atoms with E-state index in [9.17, 15) is 9.59 Å². The number of thiophene rings is 1. The average molecular weight is 515 g/mol. The van der Waals surface area contributed by atoms with Crippen LogP contribution >= 0.6 is 27.3 Å². The summed E-state index contributed by atoms with van der Waals surface area (Å²) in [4.78, 5) is 29.6. The van der Waals surface area contributed by atoms with Crippen LogP contribution < -0.4 is 14.8 Å². The van der Waals surface area contributed by atoms with E-state index in [1.807, 2.05) is 42.6 Å². The summed E-state index contributed by atoms with van der Waals surface area (Å²) in [5, 5.41) is 5.00. The summed E-state index contributed by atoms with van der Waals surface area (Å²) in [5.41, 5.74) is 2.80. The summed E-state index contributed by atoms with van der Waals surface area (Å²) in [6.07, 6.45) is 0. The molecule has 3 aromatic rings. The lowest BCUT2D eigenvalue weighted by Crippen LogP contribution is -2.43. The summed E-state index contributed by atoms with van der Waals surface area (Å²) in [6.45, 7) is 1.99. The van der Waals surface area contributed by atoms with Gasteiger partial charge >= 0.3 is 0 Å². The molecule has 2 amide bonds. The molecule has 1 aromatic heterocycles. The number of halogens is 1. The first-order valence-electron chi connectivity index (χ1n) is 9.99. The van der Waals surface area contributed by atoms with E-state index in [1.165, 1.54) is 25.6 Å². The van der Waals surface area contributed by atoms with Crippen molar-refractivity contribution in [1.82, 2.24) is 4.90 Å². The van der Waals surface area contributed by atoms with Crippen molar-refractivity contribution in [3.63, 3.8) is 0 Å². The van der Waals surface area contributed by atoms with Crippen LogP contribution in [0.15, 0.2) is 52.3 Å². The molecule has 0 spiro atoms. The predicted molar refractivity (Wildman–Crippen MR) is 129 cm³/mol. The number of rotatable bonds is 5. The van der Waals surface area contributed by atoms with Crippen molar-refractivity contribution in [2.75, 3.05) is 26.6 Å². The standard InChI is InChI=1S/C24H23BrN2O4S/c1-13-7-8-17(16(25)10-13)26-23(28)21-14-11-18(30-3)19(31-4)12-15(14)24(29)27(2)22(21)20-6-5-9-32-20/h5-12,21-22H,1-4H3,(H,26,28). The molecule has 2 aromatic carbocycles. The number of methoxy groups -OCH3 is 2. The van der Waals surface area contributed by atoms with Crippen LogP contribution in [0.3, 0.4) is 0 Å². The number of fused-ring (bicyclic) bond motifs is 1. The highest BCUT2D eigenvalue weighted by Crippen LogP contribution is 2.47. The third-order valence-corrected chi connectivity index (χ3v) is 7.27. The first-order valence-corrected chi connectivity index (χ1v) is 11.7. The SMILES string of the molecule is COc1cc2c(cc1OC)C(C(=O)Nc1ccc(C)cc1Br)C(c1cccs1)N(C)C2=O. The first kappa shape index (κ1) is 22.4. The Morgan fingerprint density at radius 3 is 2.47 bits per heavy atom. The summed E-state index contributed by atoms with van der Waals surface area (Å²) >= 11 is 5.06. The molecule has 1 aliphatic heterocycles. The number of carbonyl (C=O) groups is 2. The van der Waals surface area contributed by atoms with Gasteiger partial charge in [0.25, 0.3) is 5.91 Å². The second-order valence-electron chi connectivity index (χ2n) is 7.62. The van der Waals surface area contributed by atoms with E-state index in [0.717, 1.165) is 14.9 Å². The number of anilines is 1. The van der Waals surface area contributed by atoms with Gasteiger partial charge in [0.15, 0.2) is 11.5 Å². The number of hydrogen-bond donors (Lipinski definition) is 1. The maximum Gasteiger partial charge on any atom is 0.254 e. The van der Waals surface area contributed by atoms with E-state index < -0.39 is 12.0 Å². The van der Waals surface area contributed by atoms with Gasteiger partial charge in [-0.3, -0.25) is 9.59 Å². The van der Waals surface area contributed by atoms with E-state index in [4.69, 9.17) is 9.47 Å². The Balaban J connectivity index is 1.86. The molecule has 2 unspecified atom stereocenters. The smallest absolute Gasteiger partial charge is 0.254 e. The molecule has 0 fully saturated rings. The second-order valence-corrected chi connectivity index (χ2v) is 9.45. The van der Waals surface area contributed by atoms with Gasteiger partial charge in [0.05, 0.1) is 31.9 Å². The number of ether oxygens (including phenoxy) is 2.